The summed E-state index contributed by atoms with van der Waals surface area (Å²) in [7, 11) is -3.33. The van der Waals surface area contributed by atoms with Crippen molar-refractivity contribution in [3.63, 3.8) is 0 Å². The van der Waals surface area contributed by atoms with Crippen LogP contribution in [0.25, 0.3) is 0 Å². The number of likely N-dealkylation sites (tertiary alicyclic amines) is 1. The number of benzene rings is 1. The van der Waals surface area contributed by atoms with E-state index >= 15 is 0 Å². The normalized spacial score (nSPS) is 20.4. The van der Waals surface area contributed by atoms with Crippen LogP contribution in [0, 0.1) is 0 Å². The monoisotopic (exact) mass is 392 g/mol. The molecule has 8 nitrogen and oxygen atoms in total. The van der Waals surface area contributed by atoms with Crippen LogP contribution in [0.5, 0.6) is 11.5 Å². The van der Waals surface area contributed by atoms with Crippen LogP contribution in [0.15, 0.2) is 24.4 Å². The molecule has 1 saturated heterocycles. The van der Waals surface area contributed by atoms with E-state index in [0.29, 0.717) is 18.9 Å². The van der Waals surface area contributed by atoms with E-state index in [2.05, 4.69) is 25.9 Å². The largest absolute Gasteiger partial charge is 0.486 e. The maximum atomic E-state index is 11.6. The Morgan fingerprint density at radius 2 is 2.19 bits per heavy atom. The van der Waals surface area contributed by atoms with E-state index in [1.165, 1.54) is 6.20 Å². The van der Waals surface area contributed by atoms with Gasteiger partial charge < -0.3 is 9.47 Å². The lowest BCUT2D eigenvalue weighted by Gasteiger charge is -2.33. The van der Waals surface area contributed by atoms with Gasteiger partial charge in [0.2, 0.25) is 10.0 Å². The van der Waals surface area contributed by atoms with Gasteiger partial charge in [-0.1, -0.05) is 12.1 Å². The van der Waals surface area contributed by atoms with E-state index in [-0.39, 0.29) is 5.92 Å². The van der Waals surface area contributed by atoms with Gasteiger partial charge in [0.25, 0.3) is 0 Å². The third kappa shape index (κ3) is 4.19. The molecule has 0 radical (unpaired) electrons. The number of fused-ring (bicyclic) bond motifs is 1. The number of rotatable bonds is 5. The number of aromatic nitrogens is 2. The van der Waals surface area contributed by atoms with Crippen molar-refractivity contribution < 1.29 is 17.9 Å². The molecule has 2 aromatic rings. The van der Waals surface area contributed by atoms with Crippen molar-refractivity contribution in [3.8, 4) is 11.5 Å². The standard InChI is InChI=1S/C18H24N4O4S/c1-27(23,24)21-15-10-19-20-17(15)13-5-3-7-22(11-13)12-14-4-2-6-16-18(14)26-9-8-25-16/h2,4,6,10,13,21H,3,5,7-9,11-12H2,1H3,(H,19,20)/t13-/m0/s1. The molecule has 2 aliphatic heterocycles. The highest BCUT2D eigenvalue weighted by Gasteiger charge is 2.27. The van der Waals surface area contributed by atoms with Crippen LogP contribution in [0.4, 0.5) is 5.69 Å². The minimum Gasteiger partial charge on any atom is -0.486 e. The number of H-pyrrole nitrogens is 1. The summed E-state index contributed by atoms with van der Waals surface area (Å²) in [4.78, 5) is 2.37. The van der Waals surface area contributed by atoms with Crippen LogP contribution in [-0.4, -0.2) is 56.1 Å². The average molecular weight is 392 g/mol. The molecule has 0 aliphatic carbocycles. The number of anilines is 1. The highest BCUT2D eigenvalue weighted by Crippen LogP contribution is 2.36. The SMILES string of the molecule is CS(=O)(=O)Nc1cn[nH]c1[C@H]1CCCN(Cc2cccc3c2OCCO3)C1. The second-order valence-electron chi connectivity index (χ2n) is 7.09. The van der Waals surface area contributed by atoms with Gasteiger partial charge >= 0.3 is 0 Å². The van der Waals surface area contributed by atoms with Gasteiger partial charge in [0, 0.05) is 24.6 Å². The molecular formula is C18H24N4O4S. The zero-order chi connectivity index (χ0) is 18.9. The molecule has 0 amide bonds. The molecule has 1 aromatic heterocycles. The van der Waals surface area contributed by atoms with Crippen LogP contribution < -0.4 is 14.2 Å². The Morgan fingerprint density at radius 3 is 3.04 bits per heavy atom. The molecule has 3 heterocycles. The molecule has 9 heteroatoms. The van der Waals surface area contributed by atoms with Crippen molar-refractivity contribution in [2.75, 3.05) is 37.3 Å². The maximum absolute atomic E-state index is 11.6. The average Bonchev–Trinajstić information content (AvgIpc) is 3.08. The minimum atomic E-state index is -3.33. The Hall–Kier alpha value is -2.26. The number of hydrogen-bond donors (Lipinski definition) is 2. The molecule has 0 unspecified atom stereocenters. The maximum Gasteiger partial charge on any atom is 0.229 e. The van der Waals surface area contributed by atoms with Crippen molar-refractivity contribution >= 4 is 15.7 Å². The van der Waals surface area contributed by atoms with Crippen LogP contribution in [0.3, 0.4) is 0 Å². The predicted octanol–water partition coefficient (Wildman–Crippen LogP) is 1.93. The third-order valence-electron chi connectivity index (χ3n) is 4.92. The van der Waals surface area contributed by atoms with Gasteiger partial charge in [0.1, 0.15) is 13.2 Å². The van der Waals surface area contributed by atoms with Crippen molar-refractivity contribution in [2.24, 2.45) is 0 Å². The second kappa shape index (κ2) is 7.40. The summed E-state index contributed by atoms with van der Waals surface area (Å²) in [5.41, 5.74) is 2.50. The Morgan fingerprint density at radius 1 is 1.33 bits per heavy atom. The molecule has 146 valence electrons. The Kier molecular flexibility index (Phi) is 4.96. The van der Waals surface area contributed by atoms with Gasteiger partial charge in [-0.25, -0.2) is 8.42 Å². The number of ether oxygens (including phenoxy) is 2. The molecular weight excluding hydrogens is 368 g/mol. The number of sulfonamides is 1. The van der Waals surface area contributed by atoms with E-state index in [9.17, 15) is 8.42 Å². The first-order valence-corrected chi connectivity index (χ1v) is 11.0. The fourth-order valence-electron chi connectivity index (χ4n) is 3.82. The quantitative estimate of drug-likeness (QED) is 0.807. The highest BCUT2D eigenvalue weighted by atomic mass is 32.2. The summed E-state index contributed by atoms with van der Waals surface area (Å²) < 4.78 is 37.2. The van der Waals surface area contributed by atoms with E-state index in [1.54, 1.807) is 0 Å². The van der Waals surface area contributed by atoms with Gasteiger partial charge in [-0.2, -0.15) is 5.10 Å². The van der Waals surface area contributed by atoms with Crippen molar-refractivity contribution in [1.29, 1.82) is 0 Å². The molecule has 1 fully saturated rings. The second-order valence-corrected chi connectivity index (χ2v) is 8.84. The van der Waals surface area contributed by atoms with Crippen molar-refractivity contribution in [3.05, 3.63) is 35.7 Å². The van der Waals surface area contributed by atoms with Crippen molar-refractivity contribution in [2.45, 2.75) is 25.3 Å². The number of nitrogens with one attached hydrogen (secondary N) is 2. The molecule has 27 heavy (non-hydrogen) atoms. The molecule has 2 N–H and O–H groups in total. The van der Waals surface area contributed by atoms with Gasteiger partial charge in [0.05, 0.1) is 23.8 Å². The topological polar surface area (TPSA) is 96.5 Å². The summed E-state index contributed by atoms with van der Waals surface area (Å²) in [6, 6.07) is 6.00. The first-order valence-electron chi connectivity index (χ1n) is 9.10. The van der Waals surface area contributed by atoms with Gasteiger partial charge in [-0.3, -0.25) is 14.7 Å². The third-order valence-corrected chi connectivity index (χ3v) is 5.51. The molecule has 0 bridgehead atoms. The highest BCUT2D eigenvalue weighted by molar-refractivity contribution is 7.92. The van der Waals surface area contributed by atoms with Gasteiger partial charge in [-0.15, -0.1) is 0 Å². The summed E-state index contributed by atoms with van der Waals surface area (Å²) >= 11 is 0. The molecule has 4 rings (SSSR count). The summed E-state index contributed by atoms with van der Waals surface area (Å²) in [5.74, 6) is 1.84. The van der Waals surface area contributed by atoms with Gasteiger partial charge in [0.15, 0.2) is 11.5 Å². The smallest absolute Gasteiger partial charge is 0.229 e. The zero-order valence-electron chi connectivity index (χ0n) is 15.3. The fourth-order valence-corrected chi connectivity index (χ4v) is 4.38. The summed E-state index contributed by atoms with van der Waals surface area (Å²) in [5, 5.41) is 7.03. The lowest BCUT2D eigenvalue weighted by Crippen LogP contribution is -2.34. The number of hydrogen-bond acceptors (Lipinski definition) is 6. The predicted molar refractivity (Wildman–Crippen MR) is 102 cm³/mol. The lowest BCUT2D eigenvalue weighted by atomic mass is 9.93. The molecule has 2 aliphatic rings. The Balaban J connectivity index is 1.49. The minimum absolute atomic E-state index is 0.196. The van der Waals surface area contributed by atoms with E-state index in [1.807, 2.05) is 12.1 Å². The Bertz CT molecular complexity index is 912. The van der Waals surface area contributed by atoms with Crippen LogP contribution in [0.2, 0.25) is 0 Å². The van der Waals surface area contributed by atoms with Gasteiger partial charge in [-0.05, 0) is 25.5 Å². The van der Waals surface area contributed by atoms with Crippen LogP contribution in [0.1, 0.15) is 30.0 Å². The summed E-state index contributed by atoms with van der Waals surface area (Å²) in [6.45, 7) is 3.74. The van der Waals surface area contributed by atoms with Crippen molar-refractivity contribution in [1.82, 2.24) is 15.1 Å². The molecule has 0 saturated carbocycles. The number of aromatic amines is 1. The molecule has 1 atom stereocenters. The molecule has 1 aromatic carbocycles. The fraction of sp³-hybridized carbons (Fsp3) is 0.500. The lowest BCUT2D eigenvalue weighted by molar-refractivity contribution is 0.161. The zero-order valence-corrected chi connectivity index (χ0v) is 16.1. The summed E-state index contributed by atoms with van der Waals surface area (Å²) in [6.07, 6.45) is 4.71. The first kappa shape index (κ1) is 18.1. The molecule has 0 spiro atoms. The number of piperidine rings is 1. The van der Waals surface area contributed by atoms with E-state index in [0.717, 1.165) is 61.5 Å². The number of para-hydroxylation sites is 1. The Labute approximate surface area is 158 Å². The van der Waals surface area contributed by atoms with E-state index in [4.69, 9.17) is 9.47 Å². The number of nitrogens with zero attached hydrogens (tertiary/aromatic N) is 2. The van der Waals surface area contributed by atoms with E-state index < -0.39 is 10.0 Å². The first-order chi connectivity index (χ1) is 13.0. The van der Waals surface area contributed by atoms with Crippen LogP contribution >= 0.6 is 0 Å². The van der Waals surface area contributed by atoms with Crippen LogP contribution in [-0.2, 0) is 16.6 Å².